The van der Waals surface area contributed by atoms with Crippen molar-refractivity contribution in [3.63, 3.8) is 0 Å². The quantitative estimate of drug-likeness (QED) is 0.803. The van der Waals surface area contributed by atoms with Crippen molar-refractivity contribution in [2.24, 2.45) is 0 Å². The van der Waals surface area contributed by atoms with Crippen LogP contribution in [0.4, 0.5) is 0 Å². The predicted molar refractivity (Wildman–Crippen MR) is 84.7 cm³/mol. The highest BCUT2D eigenvalue weighted by atomic mass is 35.5. The van der Waals surface area contributed by atoms with Crippen LogP contribution < -0.4 is 10.1 Å². The summed E-state index contributed by atoms with van der Waals surface area (Å²) >= 11 is 6.21. The monoisotopic (exact) mass is 310 g/mol. The zero-order chi connectivity index (χ0) is 15.2. The Bertz CT molecular complexity index is 485. The highest BCUT2D eigenvalue weighted by Crippen LogP contribution is 2.26. The summed E-state index contributed by atoms with van der Waals surface area (Å²) < 4.78 is 5.53. The maximum Gasteiger partial charge on any atom is 0.260 e. The molecule has 0 heterocycles. The van der Waals surface area contributed by atoms with Gasteiger partial charge in [0, 0.05) is 25.7 Å². The second kappa shape index (κ2) is 7.66. The van der Waals surface area contributed by atoms with Gasteiger partial charge in [-0.1, -0.05) is 17.7 Å². The Balaban J connectivity index is 1.86. The smallest absolute Gasteiger partial charge is 0.260 e. The Morgan fingerprint density at radius 1 is 1.38 bits per heavy atom. The highest BCUT2D eigenvalue weighted by molar-refractivity contribution is 6.32. The van der Waals surface area contributed by atoms with Crippen LogP contribution in [0.2, 0.25) is 5.02 Å². The fraction of sp³-hybridized carbons (Fsp3) is 0.562. The fourth-order valence-corrected chi connectivity index (χ4v) is 2.39. The Morgan fingerprint density at radius 3 is 2.67 bits per heavy atom. The molecule has 1 aliphatic rings. The molecule has 0 aromatic heterocycles. The van der Waals surface area contributed by atoms with Crippen molar-refractivity contribution in [3.8, 4) is 5.75 Å². The standard InChI is InChI=1S/C16H23ClN2O2/c1-3-19(4-2)16(20)11-21-15-8-5-12(9-14(15)17)10-18-13-6-7-13/h5,8-9,13,18H,3-4,6-7,10-11H2,1-2H3. The molecular formula is C16H23ClN2O2. The van der Waals surface area contributed by atoms with Gasteiger partial charge in [-0.3, -0.25) is 4.79 Å². The number of ether oxygens (including phenoxy) is 1. The van der Waals surface area contributed by atoms with Gasteiger partial charge in [-0.05, 0) is 44.4 Å². The molecule has 0 aliphatic heterocycles. The topological polar surface area (TPSA) is 41.6 Å². The summed E-state index contributed by atoms with van der Waals surface area (Å²) in [5.74, 6) is 0.544. The van der Waals surface area contributed by atoms with Gasteiger partial charge in [0.05, 0.1) is 5.02 Å². The van der Waals surface area contributed by atoms with Gasteiger partial charge in [-0.2, -0.15) is 0 Å². The zero-order valence-electron chi connectivity index (χ0n) is 12.7. The van der Waals surface area contributed by atoms with Crippen molar-refractivity contribution in [2.45, 2.75) is 39.3 Å². The predicted octanol–water partition coefficient (Wildman–Crippen LogP) is 2.84. The van der Waals surface area contributed by atoms with Gasteiger partial charge in [0.15, 0.2) is 6.61 Å². The Morgan fingerprint density at radius 2 is 2.10 bits per heavy atom. The number of hydrogen-bond donors (Lipinski definition) is 1. The average Bonchev–Trinajstić information content (AvgIpc) is 3.29. The van der Waals surface area contributed by atoms with Gasteiger partial charge >= 0.3 is 0 Å². The highest BCUT2D eigenvalue weighted by Gasteiger charge is 2.20. The van der Waals surface area contributed by atoms with Crippen LogP contribution in [-0.2, 0) is 11.3 Å². The van der Waals surface area contributed by atoms with Gasteiger partial charge in [0.25, 0.3) is 5.91 Å². The lowest BCUT2D eigenvalue weighted by Crippen LogP contribution is -2.34. The molecular weight excluding hydrogens is 288 g/mol. The van der Waals surface area contributed by atoms with Gasteiger partial charge in [-0.25, -0.2) is 0 Å². The Kier molecular flexibility index (Phi) is 5.88. The molecule has 2 rings (SSSR count). The number of hydrogen-bond acceptors (Lipinski definition) is 3. The van der Waals surface area contributed by atoms with E-state index in [9.17, 15) is 4.79 Å². The number of halogens is 1. The number of carbonyl (C=O) groups excluding carboxylic acids is 1. The van der Waals surface area contributed by atoms with E-state index in [-0.39, 0.29) is 12.5 Å². The minimum atomic E-state index is -0.0180. The molecule has 1 fully saturated rings. The first kappa shape index (κ1) is 16.1. The molecule has 1 amide bonds. The maximum absolute atomic E-state index is 11.9. The van der Waals surface area contributed by atoms with E-state index in [1.165, 1.54) is 12.8 Å². The average molecular weight is 311 g/mol. The number of amides is 1. The summed E-state index contributed by atoms with van der Waals surface area (Å²) in [7, 11) is 0. The maximum atomic E-state index is 11.9. The fourth-order valence-electron chi connectivity index (χ4n) is 2.13. The van der Waals surface area contributed by atoms with Crippen molar-refractivity contribution < 1.29 is 9.53 Å². The Labute approximate surface area is 131 Å². The summed E-state index contributed by atoms with van der Waals surface area (Å²) in [5, 5.41) is 3.99. The molecule has 0 atom stereocenters. The van der Waals surface area contributed by atoms with E-state index in [0.717, 1.165) is 12.1 Å². The number of benzene rings is 1. The molecule has 1 N–H and O–H groups in total. The number of likely N-dealkylation sites (N-methyl/N-ethyl adjacent to an activating group) is 1. The Hall–Kier alpha value is -1.26. The third kappa shape index (κ3) is 4.90. The lowest BCUT2D eigenvalue weighted by atomic mass is 10.2. The first-order valence-corrected chi connectivity index (χ1v) is 7.94. The molecule has 116 valence electrons. The van der Waals surface area contributed by atoms with Gasteiger partial charge in [0.2, 0.25) is 0 Å². The molecule has 1 saturated carbocycles. The molecule has 0 bridgehead atoms. The van der Waals surface area contributed by atoms with E-state index >= 15 is 0 Å². The van der Waals surface area contributed by atoms with E-state index < -0.39 is 0 Å². The van der Waals surface area contributed by atoms with E-state index in [1.54, 1.807) is 4.90 Å². The number of nitrogens with one attached hydrogen (secondary N) is 1. The summed E-state index contributed by atoms with van der Waals surface area (Å²) in [4.78, 5) is 13.6. The molecule has 0 unspecified atom stereocenters. The first-order chi connectivity index (χ1) is 10.1. The summed E-state index contributed by atoms with van der Waals surface area (Å²) in [5.41, 5.74) is 1.13. The number of carbonyl (C=O) groups is 1. The summed E-state index contributed by atoms with van der Waals surface area (Å²) in [6.07, 6.45) is 2.53. The lowest BCUT2D eigenvalue weighted by Gasteiger charge is -2.19. The van der Waals surface area contributed by atoms with Gasteiger partial charge < -0.3 is 15.0 Å². The zero-order valence-corrected chi connectivity index (χ0v) is 13.4. The van der Waals surface area contributed by atoms with Crippen molar-refractivity contribution in [3.05, 3.63) is 28.8 Å². The minimum absolute atomic E-state index is 0.0180. The normalized spacial score (nSPS) is 14.0. The van der Waals surface area contributed by atoms with Crippen LogP contribution in [0.5, 0.6) is 5.75 Å². The molecule has 21 heavy (non-hydrogen) atoms. The van der Waals surface area contributed by atoms with Crippen LogP contribution >= 0.6 is 11.6 Å². The van der Waals surface area contributed by atoms with Crippen LogP contribution in [0, 0.1) is 0 Å². The number of nitrogens with zero attached hydrogens (tertiary/aromatic N) is 1. The van der Waals surface area contributed by atoms with Crippen molar-refractivity contribution >= 4 is 17.5 Å². The van der Waals surface area contributed by atoms with E-state index in [1.807, 2.05) is 32.0 Å². The second-order valence-electron chi connectivity index (χ2n) is 5.27. The van der Waals surface area contributed by atoms with Crippen LogP contribution in [0.15, 0.2) is 18.2 Å². The van der Waals surface area contributed by atoms with Crippen LogP contribution in [0.1, 0.15) is 32.3 Å². The number of rotatable bonds is 8. The molecule has 0 radical (unpaired) electrons. The lowest BCUT2D eigenvalue weighted by molar-refractivity contribution is -0.132. The third-order valence-electron chi connectivity index (χ3n) is 3.64. The van der Waals surface area contributed by atoms with Crippen LogP contribution in [-0.4, -0.2) is 36.5 Å². The largest absolute Gasteiger partial charge is 0.482 e. The summed E-state index contributed by atoms with van der Waals surface area (Å²) in [6.45, 7) is 6.15. The second-order valence-corrected chi connectivity index (χ2v) is 5.68. The molecule has 1 aromatic carbocycles. The SMILES string of the molecule is CCN(CC)C(=O)COc1ccc(CNC2CC2)cc1Cl. The first-order valence-electron chi connectivity index (χ1n) is 7.56. The molecule has 0 spiro atoms. The molecule has 4 nitrogen and oxygen atoms in total. The van der Waals surface area contributed by atoms with Crippen molar-refractivity contribution in [2.75, 3.05) is 19.7 Å². The van der Waals surface area contributed by atoms with Crippen molar-refractivity contribution in [1.82, 2.24) is 10.2 Å². The van der Waals surface area contributed by atoms with E-state index in [4.69, 9.17) is 16.3 Å². The third-order valence-corrected chi connectivity index (χ3v) is 3.93. The minimum Gasteiger partial charge on any atom is -0.482 e. The van der Waals surface area contributed by atoms with E-state index in [0.29, 0.717) is 29.9 Å². The van der Waals surface area contributed by atoms with Crippen LogP contribution in [0.3, 0.4) is 0 Å². The molecule has 1 aliphatic carbocycles. The van der Waals surface area contributed by atoms with Gasteiger partial charge in [-0.15, -0.1) is 0 Å². The molecule has 0 saturated heterocycles. The van der Waals surface area contributed by atoms with Crippen molar-refractivity contribution in [1.29, 1.82) is 0 Å². The summed E-state index contributed by atoms with van der Waals surface area (Å²) in [6, 6.07) is 6.39. The molecule has 1 aromatic rings. The van der Waals surface area contributed by atoms with E-state index in [2.05, 4.69) is 5.32 Å². The van der Waals surface area contributed by atoms with Crippen LogP contribution in [0.25, 0.3) is 0 Å². The van der Waals surface area contributed by atoms with Gasteiger partial charge in [0.1, 0.15) is 5.75 Å². The molecule has 5 heteroatoms.